The molecule has 112 valence electrons. The fourth-order valence-corrected chi connectivity index (χ4v) is 1.98. The average Bonchev–Trinajstić information content (AvgIpc) is 2.53. The summed E-state index contributed by atoms with van der Waals surface area (Å²) in [7, 11) is 3.71. The van der Waals surface area contributed by atoms with E-state index in [1.54, 1.807) is 13.4 Å². The Balaban J connectivity index is 2.09. The van der Waals surface area contributed by atoms with Gasteiger partial charge in [-0.05, 0) is 18.6 Å². The van der Waals surface area contributed by atoms with Gasteiger partial charge in [-0.15, -0.1) is 0 Å². The molecular formula is C16H22N4O. The number of ether oxygens (including phenoxy) is 1. The molecule has 0 saturated carbocycles. The molecule has 1 heterocycles. The number of anilines is 3. The SMILES string of the molecule is CCCCN(C)c1cc(Nc2cccc(OC)c2)ncn1. The van der Waals surface area contributed by atoms with Gasteiger partial charge in [0.1, 0.15) is 23.7 Å². The Kier molecular flexibility index (Phi) is 5.37. The lowest BCUT2D eigenvalue weighted by molar-refractivity contribution is 0.415. The summed E-state index contributed by atoms with van der Waals surface area (Å²) < 4.78 is 5.22. The molecule has 1 aromatic carbocycles. The van der Waals surface area contributed by atoms with Crippen molar-refractivity contribution < 1.29 is 4.74 Å². The summed E-state index contributed by atoms with van der Waals surface area (Å²) >= 11 is 0. The standard InChI is InChI=1S/C16H22N4O/c1-4-5-9-20(2)16-11-15(17-12-18-16)19-13-7-6-8-14(10-13)21-3/h6-8,10-12H,4-5,9H2,1-3H3,(H,17,18,19). The van der Waals surface area contributed by atoms with Gasteiger partial charge in [-0.3, -0.25) is 0 Å². The fraction of sp³-hybridized carbons (Fsp3) is 0.375. The number of aromatic nitrogens is 2. The van der Waals surface area contributed by atoms with Crippen molar-refractivity contribution in [1.29, 1.82) is 0 Å². The first-order valence-corrected chi connectivity index (χ1v) is 7.17. The molecule has 2 aromatic rings. The topological polar surface area (TPSA) is 50.3 Å². The second-order valence-corrected chi connectivity index (χ2v) is 4.89. The molecule has 21 heavy (non-hydrogen) atoms. The number of hydrogen-bond donors (Lipinski definition) is 1. The molecule has 0 aliphatic heterocycles. The molecular weight excluding hydrogens is 264 g/mol. The van der Waals surface area contributed by atoms with Crippen molar-refractivity contribution in [3.05, 3.63) is 36.7 Å². The third-order valence-electron chi connectivity index (χ3n) is 3.23. The molecule has 0 amide bonds. The van der Waals surface area contributed by atoms with Gasteiger partial charge in [0.2, 0.25) is 0 Å². The molecule has 0 saturated heterocycles. The van der Waals surface area contributed by atoms with Gasteiger partial charge < -0.3 is 15.0 Å². The van der Waals surface area contributed by atoms with Crippen LogP contribution < -0.4 is 15.0 Å². The Morgan fingerprint density at radius 2 is 2.10 bits per heavy atom. The lowest BCUT2D eigenvalue weighted by Gasteiger charge is -2.18. The zero-order chi connectivity index (χ0) is 15.1. The van der Waals surface area contributed by atoms with Crippen molar-refractivity contribution in [2.75, 3.05) is 30.9 Å². The second kappa shape index (κ2) is 7.47. The van der Waals surface area contributed by atoms with Gasteiger partial charge >= 0.3 is 0 Å². The Bertz CT molecular complexity index is 574. The number of methoxy groups -OCH3 is 1. The van der Waals surface area contributed by atoms with Crippen LogP contribution in [0.5, 0.6) is 5.75 Å². The first-order chi connectivity index (χ1) is 10.2. The summed E-state index contributed by atoms with van der Waals surface area (Å²) in [5.41, 5.74) is 0.940. The summed E-state index contributed by atoms with van der Waals surface area (Å²) in [6.45, 7) is 3.18. The molecule has 1 N–H and O–H groups in total. The highest BCUT2D eigenvalue weighted by atomic mass is 16.5. The van der Waals surface area contributed by atoms with Crippen molar-refractivity contribution in [3.63, 3.8) is 0 Å². The third-order valence-corrected chi connectivity index (χ3v) is 3.23. The second-order valence-electron chi connectivity index (χ2n) is 4.89. The largest absolute Gasteiger partial charge is 0.497 e. The van der Waals surface area contributed by atoms with Gasteiger partial charge in [-0.2, -0.15) is 0 Å². The maximum absolute atomic E-state index is 5.22. The third kappa shape index (κ3) is 4.34. The number of nitrogens with zero attached hydrogens (tertiary/aromatic N) is 3. The number of benzene rings is 1. The molecule has 0 aliphatic rings. The van der Waals surface area contributed by atoms with Crippen LogP contribution in [-0.2, 0) is 0 Å². The van der Waals surface area contributed by atoms with Crippen LogP contribution in [0.2, 0.25) is 0 Å². The van der Waals surface area contributed by atoms with E-state index < -0.39 is 0 Å². The first-order valence-electron chi connectivity index (χ1n) is 7.17. The van der Waals surface area contributed by atoms with Gasteiger partial charge in [-0.25, -0.2) is 9.97 Å². The van der Waals surface area contributed by atoms with Crippen LogP contribution in [0.15, 0.2) is 36.7 Å². The lowest BCUT2D eigenvalue weighted by atomic mass is 10.3. The van der Waals surface area contributed by atoms with Gasteiger partial charge in [0, 0.05) is 31.4 Å². The van der Waals surface area contributed by atoms with Gasteiger partial charge in [-0.1, -0.05) is 19.4 Å². The predicted octanol–water partition coefficient (Wildman–Crippen LogP) is 3.47. The number of unbranched alkanes of at least 4 members (excludes halogenated alkanes) is 1. The van der Waals surface area contributed by atoms with Crippen LogP contribution in [-0.4, -0.2) is 30.7 Å². The minimum atomic E-state index is 0.775. The van der Waals surface area contributed by atoms with Crippen LogP contribution in [0, 0.1) is 0 Å². The van der Waals surface area contributed by atoms with E-state index in [1.165, 1.54) is 6.42 Å². The predicted molar refractivity (Wildman–Crippen MR) is 86.5 cm³/mol. The van der Waals surface area contributed by atoms with Crippen LogP contribution in [0.1, 0.15) is 19.8 Å². The van der Waals surface area contributed by atoms with Crippen molar-refractivity contribution in [2.45, 2.75) is 19.8 Å². The monoisotopic (exact) mass is 286 g/mol. The van der Waals surface area contributed by atoms with Gasteiger partial charge in [0.05, 0.1) is 7.11 Å². The Morgan fingerprint density at radius 1 is 1.24 bits per heavy atom. The van der Waals surface area contributed by atoms with E-state index >= 15 is 0 Å². The highest BCUT2D eigenvalue weighted by Gasteiger charge is 2.04. The maximum atomic E-state index is 5.22. The highest BCUT2D eigenvalue weighted by Crippen LogP contribution is 2.21. The summed E-state index contributed by atoms with van der Waals surface area (Å²) in [5.74, 6) is 2.51. The molecule has 0 aliphatic carbocycles. The summed E-state index contributed by atoms with van der Waals surface area (Å²) in [4.78, 5) is 10.7. The zero-order valence-electron chi connectivity index (χ0n) is 12.8. The molecule has 0 spiro atoms. The van der Waals surface area contributed by atoms with E-state index in [-0.39, 0.29) is 0 Å². The van der Waals surface area contributed by atoms with Crippen molar-refractivity contribution in [1.82, 2.24) is 9.97 Å². The Morgan fingerprint density at radius 3 is 2.86 bits per heavy atom. The van der Waals surface area contributed by atoms with Gasteiger partial charge in [0.15, 0.2) is 0 Å². The molecule has 0 radical (unpaired) electrons. The average molecular weight is 286 g/mol. The smallest absolute Gasteiger partial charge is 0.135 e. The van der Waals surface area contributed by atoms with E-state index in [9.17, 15) is 0 Å². The van der Waals surface area contributed by atoms with E-state index in [1.807, 2.05) is 37.4 Å². The normalized spacial score (nSPS) is 10.2. The van der Waals surface area contributed by atoms with E-state index in [2.05, 4.69) is 27.1 Å². The lowest BCUT2D eigenvalue weighted by Crippen LogP contribution is -2.19. The molecule has 0 fully saturated rings. The highest BCUT2D eigenvalue weighted by molar-refractivity contribution is 5.60. The Labute approximate surface area is 126 Å². The molecule has 5 nitrogen and oxygen atoms in total. The molecule has 0 bridgehead atoms. The molecule has 0 atom stereocenters. The minimum Gasteiger partial charge on any atom is -0.497 e. The van der Waals surface area contributed by atoms with Crippen LogP contribution >= 0.6 is 0 Å². The number of rotatable bonds is 7. The van der Waals surface area contributed by atoms with Crippen molar-refractivity contribution in [3.8, 4) is 5.75 Å². The first kappa shape index (κ1) is 15.1. The molecule has 5 heteroatoms. The molecule has 2 rings (SSSR count). The zero-order valence-corrected chi connectivity index (χ0v) is 12.8. The molecule has 0 unspecified atom stereocenters. The Hall–Kier alpha value is -2.30. The van der Waals surface area contributed by atoms with Crippen LogP contribution in [0.25, 0.3) is 0 Å². The van der Waals surface area contributed by atoms with E-state index in [0.29, 0.717) is 0 Å². The molecule has 1 aromatic heterocycles. The van der Waals surface area contributed by atoms with E-state index in [0.717, 1.165) is 36.0 Å². The van der Waals surface area contributed by atoms with Gasteiger partial charge in [0.25, 0.3) is 0 Å². The van der Waals surface area contributed by atoms with Crippen molar-refractivity contribution >= 4 is 17.3 Å². The summed E-state index contributed by atoms with van der Waals surface area (Å²) in [6.07, 6.45) is 3.91. The van der Waals surface area contributed by atoms with Crippen LogP contribution in [0.3, 0.4) is 0 Å². The summed E-state index contributed by atoms with van der Waals surface area (Å²) in [6, 6.07) is 9.72. The van der Waals surface area contributed by atoms with Crippen LogP contribution in [0.4, 0.5) is 17.3 Å². The minimum absolute atomic E-state index is 0.775. The quantitative estimate of drug-likeness (QED) is 0.844. The number of nitrogens with one attached hydrogen (secondary N) is 1. The maximum Gasteiger partial charge on any atom is 0.135 e. The van der Waals surface area contributed by atoms with E-state index in [4.69, 9.17) is 4.74 Å². The number of hydrogen-bond acceptors (Lipinski definition) is 5. The summed E-state index contributed by atoms with van der Waals surface area (Å²) in [5, 5.41) is 3.27. The fourth-order valence-electron chi connectivity index (χ4n) is 1.98. The van der Waals surface area contributed by atoms with Crippen molar-refractivity contribution in [2.24, 2.45) is 0 Å².